The zero-order valence-corrected chi connectivity index (χ0v) is 10.8. The number of rotatable bonds is 5. The fourth-order valence-corrected chi connectivity index (χ4v) is 1.66. The van der Waals surface area contributed by atoms with Crippen molar-refractivity contribution in [2.24, 2.45) is 0 Å². The van der Waals surface area contributed by atoms with E-state index < -0.39 is 0 Å². The van der Waals surface area contributed by atoms with Crippen molar-refractivity contribution in [2.45, 2.75) is 13.8 Å². The summed E-state index contributed by atoms with van der Waals surface area (Å²) in [5.74, 6) is 0.812. The smallest absolute Gasteiger partial charge is 0.137 e. The molecule has 0 saturated heterocycles. The lowest BCUT2D eigenvalue weighted by Crippen LogP contribution is -2.11. The Morgan fingerprint density at radius 1 is 1.17 bits per heavy atom. The van der Waals surface area contributed by atoms with E-state index in [1.54, 1.807) is 6.20 Å². The van der Waals surface area contributed by atoms with Crippen LogP contribution in [-0.2, 0) is 0 Å². The van der Waals surface area contributed by atoms with E-state index in [9.17, 15) is 0 Å². The number of anilines is 1. The van der Waals surface area contributed by atoms with Crippen LogP contribution in [0.4, 0.5) is 5.69 Å². The van der Waals surface area contributed by atoms with Gasteiger partial charge >= 0.3 is 0 Å². The first-order valence-corrected chi connectivity index (χ1v) is 6.10. The Balaban J connectivity index is 1.74. The quantitative estimate of drug-likeness (QED) is 0.818. The number of hydrogen-bond donors (Lipinski definition) is 1. The van der Waals surface area contributed by atoms with E-state index in [1.807, 2.05) is 25.1 Å². The number of pyridine rings is 1. The Hall–Kier alpha value is -2.03. The normalized spacial score (nSPS) is 10.1. The molecular formula is C15H18N2O. The van der Waals surface area contributed by atoms with Crippen molar-refractivity contribution in [1.82, 2.24) is 4.98 Å². The van der Waals surface area contributed by atoms with Gasteiger partial charge in [-0.3, -0.25) is 4.98 Å². The summed E-state index contributed by atoms with van der Waals surface area (Å²) in [7, 11) is 0. The standard InChI is InChI=1S/C15H18N2O/c1-12-4-3-5-14(10-12)16-8-9-18-15-7-6-13(2)17-11-15/h3-7,10-11,16H,8-9H2,1-2H3. The zero-order chi connectivity index (χ0) is 12.8. The minimum atomic E-state index is 0.624. The minimum Gasteiger partial charge on any atom is -0.490 e. The molecule has 0 fully saturated rings. The zero-order valence-electron chi connectivity index (χ0n) is 10.8. The van der Waals surface area contributed by atoms with E-state index in [0.29, 0.717) is 6.61 Å². The Labute approximate surface area is 108 Å². The molecule has 1 aromatic heterocycles. The third-order valence-corrected chi connectivity index (χ3v) is 2.60. The predicted octanol–water partition coefficient (Wildman–Crippen LogP) is 3.19. The fourth-order valence-electron chi connectivity index (χ4n) is 1.66. The second kappa shape index (κ2) is 6.05. The number of aryl methyl sites for hydroxylation is 2. The highest BCUT2D eigenvalue weighted by Gasteiger charge is 1.95. The summed E-state index contributed by atoms with van der Waals surface area (Å²) < 4.78 is 5.59. The fraction of sp³-hybridized carbons (Fsp3) is 0.267. The largest absolute Gasteiger partial charge is 0.490 e. The summed E-state index contributed by atoms with van der Waals surface area (Å²) in [6, 6.07) is 12.2. The Kier molecular flexibility index (Phi) is 4.18. The highest BCUT2D eigenvalue weighted by molar-refractivity contribution is 5.45. The SMILES string of the molecule is Cc1cccc(NCCOc2ccc(C)nc2)c1. The van der Waals surface area contributed by atoms with Crippen LogP contribution in [0.15, 0.2) is 42.6 Å². The average Bonchev–Trinajstić information content (AvgIpc) is 2.37. The van der Waals surface area contributed by atoms with Crippen molar-refractivity contribution in [3.05, 3.63) is 53.9 Å². The molecule has 94 valence electrons. The molecule has 3 heteroatoms. The van der Waals surface area contributed by atoms with Crippen LogP contribution in [0.2, 0.25) is 0 Å². The number of nitrogens with one attached hydrogen (secondary N) is 1. The Morgan fingerprint density at radius 3 is 2.78 bits per heavy atom. The van der Waals surface area contributed by atoms with E-state index in [0.717, 1.165) is 23.7 Å². The van der Waals surface area contributed by atoms with Crippen LogP contribution in [-0.4, -0.2) is 18.1 Å². The molecule has 18 heavy (non-hydrogen) atoms. The second-order valence-corrected chi connectivity index (χ2v) is 4.28. The van der Waals surface area contributed by atoms with Crippen molar-refractivity contribution >= 4 is 5.69 Å². The van der Waals surface area contributed by atoms with Gasteiger partial charge in [-0.05, 0) is 43.7 Å². The number of nitrogens with zero attached hydrogens (tertiary/aromatic N) is 1. The van der Waals surface area contributed by atoms with Gasteiger partial charge in [-0.15, -0.1) is 0 Å². The first-order valence-electron chi connectivity index (χ1n) is 6.10. The number of aromatic nitrogens is 1. The minimum absolute atomic E-state index is 0.624. The third-order valence-electron chi connectivity index (χ3n) is 2.60. The molecule has 0 amide bonds. The van der Waals surface area contributed by atoms with Crippen LogP contribution in [0.25, 0.3) is 0 Å². The molecule has 3 nitrogen and oxygen atoms in total. The van der Waals surface area contributed by atoms with Gasteiger partial charge in [0.15, 0.2) is 0 Å². The van der Waals surface area contributed by atoms with Gasteiger partial charge in [0.1, 0.15) is 12.4 Å². The van der Waals surface area contributed by atoms with E-state index in [1.165, 1.54) is 5.56 Å². The maximum absolute atomic E-state index is 5.59. The molecule has 0 bridgehead atoms. The predicted molar refractivity (Wildman–Crippen MR) is 74.1 cm³/mol. The molecule has 0 unspecified atom stereocenters. The van der Waals surface area contributed by atoms with Gasteiger partial charge in [0, 0.05) is 17.9 Å². The molecule has 2 aromatic rings. The van der Waals surface area contributed by atoms with Gasteiger partial charge < -0.3 is 10.1 Å². The monoisotopic (exact) mass is 242 g/mol. The van der Waals surface area contributed by atoms with E-state index in [2.05, 4.69) is 35.4 Å². The summed E-state index contributed by atoms with van der Waals surface area (Å²) in [6.07, 6.45) is 1.75. The lowest BCUT2D eigenvalue weighted by atomic mass is 10.2. The maximum Gasteiger partial charge on any atom is 0.137 e. The molecule has 0 aliphatic rings. The summed E-state index contributed by atoms with van der Waals surface area (Å²) in [5, 5.41) is 3.32. The summed E-state index contributed by atoms with van der Waals surface area (Å²) in [4.78, 5) is 4.18. The van der Waals surface area contributed by atoms with Gasteiger partial charge in [0.2, 0.25) is 0 Å². The van der Waals surface area contributed by atoms with Crippen molar-refractivity contribution < 1.29 is 4.74 Å². The molecular weight excluding hydrogens is 224 g/mol. The van der Waals surface area contributed by atoms with Crippen molar-refractivity contribution in [3.8, 4) is 5.75 Å². The molecule has 0 atom stereocenters. The molecule has 0 radical (unpaired) electrons. The van der Waals surface area contributed by atoms with E-state index >= 15 is 0 Å². The van der Waals surface area contributed by atoms with E-state index in [4.69, 9.17) is 4.74 Å². The summed E-state index contributed by atoms with van der Waals surface area (Å²) in [5.41, 5.74) is 3.38. The molecule has 0 spiro atoms. The number of benzene rings is 1. The van der Waals surface area contributed by atoms with Crippen LogP contribution >= 0.6 is 0 Å². The molecule has 2 rings (SSSR count). The van der Waals surface area contributed by atoms with Crippen LogP contribution in [0.1, 0.15) is 11.3 Å². The van der Waals surface area contributed by atoms with Gasteiger partial charge in [-0.25, -0.2) is 0 Å². The molecule has 0 aliphatic heterocycles. The second-order valence-electron chi connectivity index (χ2n) is 4.28. The highest BCUT2D eigenvalue weighted by Crippen LogP contribution is 2.10. The van der Waals surface area contributed by atoms with Crippen molar-refractivity contribution in [1.29, 1.82) is 0 Å². The van der Waals surface area contributed by atoms with E-state index in [-0.39, 0.29) is 0 Å². The third kappa shape index (κ3) is 3.77. The van der Waals surface area contributed by atoms with Crippen LogP contribution in [0.5, 0.6) is 5.75 Å². The summed E-state index contributed by atoms with van der Waals surface area (Å²) in [6.45, 7) is 5.44. The van der Waals surface area contributed by atoms with Gasteiger partial charge in [-0.1, -0.05) is 12.1 Å². The van der Waals surface area contributed by atoms with Crippen LogP contribution in [0.3, 0.4) is 0 Å². The highest BCUT2D eigenvalue weighted by atomic mass is 16.5. The lowest BCUT2D eigenvalue weighted by Gasteiger charge is -2.09. The maximum atomic E-state index is 5.59. The van der Waals surface area contributed by atoms with Crippen molar-refractivity contribution in [2.75, 3.05) is 18.5 Å². The van der Waals surface area contributed by atoms with Crippen molar-refractivity contribution in [3.63, 3.8) is 0 Å². The first-order chi connectivity index (χ1) is 8.74. The van der Waals surface area contributed by atoms with Gasteiger partial charge in [-0.2, -0.15) is 0 Å². The number of ether oxygens (including phenoxy) is 1. The average molecular weight is 242 g/mol. The molecule has 1 aromatic carbocycles. The number of hydrogen-bond acceptors (Lipinski definition) is 3. The van der Waals surface area contributed by atoms with Gasteiger partial charge in [0.05, 0.1) is 6.20 Å². The van der Waals surface area contributed by atoms with Crippen LogP contribution in [0, 0.1) is 13.8 Å². The summed E-state index contributed by atoms with van der Waals surface area (Å²) >= 11 is 0. The van der Waals surface area contributed by atoms with Crippen LogP contribution < -0.4 is 10.1 Å². The Bertz CT molecular complexity index is 494. The Morgan fingerprint density at radius 2 is 2.06 bits per heavy atom. The molecule has 0 saturated carbocycles. The topological polar surface area (TPSA) is 34.1 Å². The molecule has 0 aliphatic carbocycles. The lowest BCUT2D eigenvalue weighted by molar-refractivity contribution is 0.331. The molecule has 1 N–H and O–H groups in total. The first kappa shape index (κ1) is 12.4. The van der Waals surface area contributed by atoms with Gasteiger partial charge in [0.25, 0.3) is 0 Å². The molecule has 1 heterocycles.